The average molecular weight is 295 g/mol. The van der Waals surface area contributed by atoms with E-state index in [0.29, 0.717) is 12.3 Å². The highest BCUT2D eigenvalue weighted by Gasteiger charge is 2.32. The van der Waals surface area contributed by atoms with E-state index in [-0.39, 0.29) is 23.9 Å². The summed E-state index contributed by atoms with van der Waals surface area (Å²) in [5.74, 6) is 0.599. The van der Waals surface area contributed by atoms with Gasteiger partial charge in [-0.15, -0.1) is 0 Å². The van der Waals surface area contributed by atoms with Crippen molar-refractivity contribution in [1.29, 1.82) is 0 Å². The highest BCUT2D eigenvalue weighted by molar-refractivity contribution is 5.88. The fraction of sp³-hybridized carbons (Fsp3) is 0.875. The molecule has 0 radical (unpaired) electrons. The molecule has 2 N–H and O–H groups in total. The Hall–Kier alpha value is -1.10. The van der Waals surface area contributed by atoms with Crippen molar-refractivity contribution in [1.82, 2.24) is 15.5 Å². The summed E-state index contributed by atoms with van der Waals surface area (Å²) in [6.45, 7) is 6.87. The molecule has 120 valence electrons. The number of carbonyl (C=O) groups is 2. The molecule has 0 aromatic rings. The maximum absolute atomic E-state index is 12.7. The van der Waals surface area contributed by atoms with E-state index in [0.717, 1.165) is 51.7 Å². The number of likely N-dealkylation sites (tertiary alicyclic amines) is 1. The van der Waals surface area contributed by atoms with E-state index in [1.165, 1.54) is 0 Å². The predicted octanol–water partition coefficient (Wildman–Crippen LogP) is 1.28. The Morgan fingerprint density at radius 1 is 1.33 bits per heavy atom. The van der Waals surface area contributed by atoms with Crippen molar-refractivity contribution in [3.05, 3.63) is 0 Å². The summed E-state index contributed by atoms with van der Waals surface area (Å²) in [6.07, 6.45) is 5.28. The van der Waals surface area contributed by atoms with Gasteiger partial charge in [0.2, 0.25) is 11.8 Å². The third-order valence-electron chi connectivity index (χ3n) is 4.42. The predicted molar refractivity (Wildman–Crippen MR) is 82.8 cm³/mol. The van der Waals surface area contributed by atoms with Gasteiger partial charge < -0.3 is 15.5 Å². The van der Waals surface area contributed by atoms with Crippen LogP contribution in [0.15, 0.2) is 0 Å². The van der Waals surface area contributed by atoms with Crippen LogP contribution in [0, 0.1) is 5.92 Å². The second-order valence-electron chi connectivity index (χ2n) is 6.72. The van der Waals surface area contributed by atoms with Gasteiger partial charge in [0.25, 0.3) is 0 Å². The normalized spacial score (nSPS) is 22.4. The number of piperidine rings is 2. The zero-order valence-electron chi connectivity index (χ0n) is 13.4. The molecule has 1 unspecified atom stereocenters. The first-order chi connectivity index (χ1) is 10.1. The Morgan fingerprint density at radius 3 is 2.67 bits per heavy atom. The number of hydrogen-bond acceptors (Lipinski definition) is 3. The number of nitrogens with one attached hydrogen (secondary N) is 2. The third kappa shape index (κ3) is 4.70. The summed E-state index contributed by atoms with van der Waals surface area (Å²) in [4.78, 5) is 26.6. The van der Waals surface area contributed by atoms with Gasteiger partial charge in [-0.05, 0) is 51.1 Å². The summed E-state index contributed by atoms with van der Waals surface area (Å²) in [7, 11) is 0. The molecule has 2 heterocycles. The maximum Gasteiger partial charge on any atom is 0.243 e. The summed E-state index contributed by atoms with van der Waals surface area (Å²) < 4.78 is 0. The average Bonchev–Trinajstić information content (AvgIpc) is 2.46. The molecule has 2 aliphatic heterocycles. The first-order valence-electron chi connectivity index (χ1n) is 8.38. The summed E-state index contributed by atoms with van der Waals surface area (Å²) in [6, 6.07) is -0.0269. The molecule has 2 fully saturated rings. The van der Waals surface area contributed by atoms with Gasteiger partial charge in [0, 0.05) is 19.0 Å². The van der Waals surface area contributed by atoms with Crippen molar-refractivity contribution in [3.63, 3.8) is 0 Å². The first-order valence-corrected chi connectivity index (χ1v) is 8.38. The largest absolute Gasteiger partial charge is 0.351 e. The molecule has 5 heteroatoms. The van der Waals surface area contributed by atoms with Crippen LogP contribution in [0.2, 0.25) is 0 Å². The fourth-order valence-corrected chi connectivity index (χ4v) is 3.24. The lowest BCUT2D eigenvalue weighted by molar-refractivity contribution is -0.143. The molecule has 2 amide bonds. The molecule has 0 saturated carbocycles. The first kappa shape index (κ1) is 16.3. The van der Waals surface area contributed by atoms with Gasteiger partial charge in [-0.3, -0.25) is 9.59 Å². The maximum atomic E-state index is 12.7. The second-order valence-corrected chi connectivity index (χ2v) is 6.72. The molecular formula is C16H29N3O2. The zero-order valence-corrected chi connectivity index (χ0v) is 13.4. The van der Waals surface area contributed by atoms with E-state index in [1.54, 1.807) is 0 Å². The summed E-state index contributed by atoms with van der Waals surface area (Å²) in [5, 5.41) is 6.47. The molecule has 0 spiro atoms. The molecule has 2 rings (SSSR count). The molecule has 2 saturated heterocycles. The smallest absolute Gasteiger partial charge is 0.243 e. The molecule has 2 aliphatic rings. The molecule has 0 aromatic carbocycles. The quantitative estimate of drug-likeness (QED) is 0.803. The molecule has 0 bridgehead atoms. The Labute approximate surface area is 127 Å². The molecule has 0 aromatic heterocycles. The number of carbonyl (C=O) groups excluding carboxylic acids is 2. The molecular weight excluding hydrogens is 266 g/mol. The second kappa shape index (κ2) is 7.78. The van der Waals surface area contributed by atoms with Crippen molar-refractivity contribution >= 4 is 11.8 Å². The van der Waals surface area contributed by atoms with Crippen molar-refractivity contribution < 1.29 is 9.59 Å². The van der Waals surface area contributed by atoms with Crippen LogP contribution in [-0.2, 0) is 9.59 Å². The minimum absolute atomic E-state index is 0.0471. The minimum atomic E-state index is -0.285. The standard InChI is InChI=1S/C16H29N3O2/c1-12(2)11-14(19-10-4-3-5-15(19)20)16(21)18-13-6-8-17-9-7-13/h12-14,17H,3-11H2,1-2H3,(H,18,21). The molecule has 5 nitrogen and oxygen atoms in total. The number of rotatable bonds is 5. The van der Waals surface area contributed by atoms with Gasteiger partial charge >= 0.3 is 0 Å². The fourth-order valence-electron chi connectivity index (χ4n) is 3.24. The van der Waals surface area contributed by atoms with Crippen molar-refractivity contribution in [2.24, 2.45) is 5.92 Å². The summed E-state index contributed by atoms with van der Waals surface area (Å²) in [5.41, 5.74) is 0. The Balaban J connectivity index is 1.99. The van der Waals surface area contributed by atoms with Crippen LogP contribution in [0.4, 0.5) is 0 Å². The lowest BCUT2D eigenvalue weighted by Crippen LogP contribution is -2.54. The molecule has 21 heavy (non-hydrogen) atoms. The van der Waals surface area contributed by atoms with Crippen molar-refractivity contribution in [3.8, 4) is 0 Å². The lowest BCUT2D eigenvalue weighted by atomic mass is 9.97. The molecule has 0 aliphatic carbocycles. The number of nitrogens with zero attached hydrogens (tertiary/aromatic N) is 1. The zero-order chi connectivity index (χ0) is 15.2. The van der Waals surface area contributed by atoms with Crippen LogP contribution >= 0.6 is 0 Å². The monoisotopic (exact) mass is 295 g/mol. The van der Waals surface area contributed by atoms with E-state index in [9.17, 15) is 9.59 Å². The Morgan fingerprint density at radius 2 is 2.05 bits per heavy atom. The minimum Gasteiger partial charge on any atom is -0.351 e. The van der Waals surface area contributed by atoms with Gasteiger partial charge in [0.1, 0.15) is 6.04 Å². The van der Waals surface area contributed by atoms with Crippen LogP contribution in [0.5, 0.6) is 0 Å². The van der Waals surface area contributed by atoms with E-state index in [4.69, 9.17) is 0 Å². The van der Waals surface area contributed by atoms with Gasteiger partial charge in [0.15, 0.2) is 0 Å². The van der Waals surface area contributed by atoms with Gasteiger partial charge in [-0.2, -0.15) is 0 Å². The topological polar surface area (TPSA) is 61.4 Å². The number of hydrogen-bond donors (Lipinski definition) is 2. The third-order valence-corrected chi connectivity index (χ3v) is 4.42. The van der Waals surface area contributed by atoms with Crippen molar-refractivity contribution in [2.75, 3.05) is 19.6 Å². The van der Waals surface area contributed by atoms with Crippen LogP contribution in [0.3, 0.4) is 0 Å². The SMILES string of the molecule is CC(C)CC(C(=O)NC1CCNCC1)N1CCCCC1=O. The van der Waals surface area contributed by atoms with Crippen LogP contribution in [0.1, 0.15) is 52.4 Å². The van der Waals surface area contributed by atoms with E-state index in [2.05, 4.69) is 24.5 Å². The van der Waals surface area contributed by atoms with Crippen LogP contribution in [-0.4, -0.2) is 48.4 Å². The van der Waals surface area contributed by atoms with Gasteiger partial charge in [-0.1, -0.05) is 13.8 Å². The van der Waals surface area contributed by atoms with Gasteiger partial charge in [-0.25, -0.2) is 0 Å². The van der Waals surface area contributed by atoms with E-state index >= 15 is 0 Å². The highest BCUT2D eigenvalue weighted by Crippen LogP contribution is 2.19. The van der Waals surface area contributed by atoms with Crippen LogP contribution in [0.25, 0.3) is 0 Å². The Kier molecular flexibility index (Phi) is 6.03. The lowest BCUT2D eigenvalue weighted by Gasteiger charge is -2.36. The number of amides is 2. The van der Waals surface area contributed by atoms with Crippen molar-refractivity contribution in [2.45, 2.75) is 64.5 Å². The summed E-state index contributed by atoms with van der Waals surface area (Å²) >= 11 is 0. The van der Waals surface area contributed by atoms with Gasteiger partial charge in [0.05, 0.1) is 0 Å². The molecule has 1 atom stereocenters. The van der Waals surface area contributed by atoms with Crippen LogP contribution < -0.4 is 10.6 Å². The van der Waals surface area contributed by atoms with E-state index < -0.39 is 0 Å². The Bertz CT molecular complexity index is 365. The van der Waals surface area contributed by atoms with E-state index in [1.807, 2.05) is 4.90 Å². The highest BCUT2D eigenvalue weighted by atomic mass is 16.2.